The number of hydrogen-bond donors (Lipinski definition) is 0. The molecule has 1 aromatic heterocycles. The lowest BCUT2D eigenvalue weighted by Gasteiger charge is -2.19. The minimum atomic E-state index is 0.152. The zero-order valence-electron chi connectivity index (χ0n) is 10.4. The molecule has 1 heterocycles. The maximum absolute atomic E-state index is 12.4. The Morgan fingerprint density at radius 3 is 2.83 bits per heavy atom. The van der Waals surface area contributed by atoms with Gasteiger partial charge in [-0.2, -0.15) is 0 Å². The van der Waals surface area contributed by atoms with E-state index in [4.69, 9.17) is 0 Å². The Hall–Kier alpha value is -0.870. The summed E-state index contributed by atoms with van der Waals surface area (Å²) >= 11 is 4.98. The minimum absolute atomic E-state index is 0.152. The number of halogens is 1. The molecule has 0 aliphatic carbocycles. The first kappa shape index (κ1) is 13.6. The fraction of sp³-hybridized carbons (Fsp3) is 0.357. The van der Waals surface area contributed by atoms with Gasteiger partial charge in [0.1, 0.15) is 0 Å². The molecule has 2 aromatic rings. The Bertz CT molecular complexity index is 504. The molecule has 0 unspecified atom stereocenters. The molecule has 0 atom stereocenters. The summed E-state index contributed by atoms with van der Waals surface area (Å²) in [5.74, 6) is 0.152. The van der Waals surface area contributed by atoms with Crippen molar-refractivity contribution in [2.24, 2.45) is 0 Å². The topological polar surface area (TPSA) is 20.3 Å². The number of rotatable bonds is 5. The van der Waals surface area contributed by atoms with Crippen molar-refractivity contribution in [1.82, 2.24) is 4.90 Å². The van der Waals surface area contributed by atoms with Crippen LogP contribution in [0.25, 0.3) is 10.1 Å². The second-order valence-electron chi connectivity index (χ2n) is 4.08. The highest BCUT2D eigenvalue weighted by Crippen LogP contribution is 2.26. The highest BCUT2D eigenvalue weighted by atomic mass is 79.9. The molecule has 0 aliphatic heterocycles. The van der Waals surface area contributed by atoms with Crippen LogP contribution in [-0.4, -0.2) is 29.2 Å². The van der Waals surface area contributed by atoms with Crippen LogP contribution in [0.15, 0.2) is 30.3 Å². The molecule has 0 fully saturated rings. The van der Waals surface area contributed by atoms with Crippen molar-refractivity contribution < 1.29 is 4.79 Å². The lowest BCUT2D eigenvalue weighted by molar-refractivity contribution is 0.0770. The number of hydrogen-bond acceptors (Lipinski definition) is 2. The van der Waals surface area contributed by atoms with Crippen LogP contribution in [-0.2, 0) is 0 Å². The Morgan fingerprint density at radius 1 is 1.39 bits per heavy atom. The van der Waals surface area contributed by atoms with E-state index in [9.17, 15) is 4.79 Å². The number of nitrogens with zero attached hydrogens (tertiary/aromatic N) is 1. The van der Waals surface area contributed by atoms with Gasteiger partial charge < -0.3 is 4.90 Å². The first-order valence-corrected chi connectivity index (χ1v) is 8.04. The van der Waals surface area contributed by atoms with E-state index < -0.39 is 0 Å². The van der Waals surface area contributed by atoms with E-state index in [1.165, 1.54) is 4.70 Å². The standard InChI is InChI=1S/C14H16BrNOS/c1-2-16(9-5-8-15)14(17)13-10-11-6-3-4-7-12(11)18-13/h3-4,6-7,10H,2,5,8-9H2,1H3. The summed E-state index contributed by atoms with van der Waals surface area (Å²) in [6.45, 7) is 3.61. The van der Waals surface area contributed by atoms with Gasteiger partial charge in [0.15, 0.2) is 0 Å². The molecule has 0 saturated heterocycles. The van der Waals surface area contributed by atoms with Gasteiger partial charge in [0.2, 0.25) is 0 Å². The summed E-state index contributed by atoms with van der Waals surface area (Å²) in [7, 11) is 0. The summed E-state index contributed by atoms with van der Waals surface area (Å²) in [6.07, 6.45) is 0.991. The Balaban J connectivity index is 2.21. The maximum Gasteiger partial charge on any atom is 0.263 e. The van der Waals surface area contributed by atoms with Crippen LogP contribution in [0.4, 0.5) is 0 Å². The SMILES string of the molecule is CCN(CCCBr)C(=O)c1cc2ccccc2s1. The van der Waals surface area contributed by atoms with Crippen LogP contribution in [0.2, 0.25) is 0 Å². The largest absolute Gasteiger partial charge is 0.338 e. The second kappa shape index (κ2) is 6.34. The zero-order chi connectivity index (χ0) is 13.0. The fourth-order valence-corrected chi connectivity index (χ4v) is 3.18. The molecule has 0 saturated carbocycles. The van der Waals surface area contributed by atoms with Gasteiger partial charge in [0.05, 0.1) is 4.88 Å². The predicted octanol–water partition coefficient (Wildman–Crippen LogP) is 4.15. The third-order valence-electron chi connectivity index (χ3n) is 2.87. The van der Waals surface area contributed by atoms with E-state index in [1.807, 2.05) is 30.0 Å². The van der Waals surface area contributed by atoms with Crippen molar-refractivity contribution >= 4 is 43.3 Å². The molecular weight excluding hydrogens is 310 g/mol. The smallest absolute Gasteiger partial charge is 0.263 e. The molecule has 4 heteroatoms. The summed E-state index contributed by atoms with van der Waals surface area (Å²) in [4.78, 5) is 15.1. The van der Waals surface area contributed by atoms with Gasteiger partial charge in [-0.3, -0.25) is 4.79 Å². The average molecular weight is 326 g/mol. The van der Waals surface area contributed by atoms with E-state index in [0.717, 1.165) is 35.1 Å². The fourth-order valence-electron chi connectivity index (χ4n) is 1.90. The number of benzene rings is 1. The van der Waals surface area contributed by atoms with Crippen LogP contribution >= 0.6 is 27.3 Å². The van der Waals surface area contributed by atoms with Crippen molar-refractivity contribution in [3.63, 3.8) is 0 Å². The number of fused-ring (bicyclic) bond motifs is 1. The Labute approximate surface area is 120 Å². The highest BCUT2D eigenvalue weighted by molar-refractivity contribution is 9.09. The van der Waals surface area contributed by atoms with Gasteiger partial charge in [0.25, 0.3) is 5.91 Å². The normalized spacial score (nSPS) is 10.8. The second-order valence-corrected chi connectivity index (χ2v) is 5.95. The van der Waals surface area contributed by atoms with Crippen molar-refractivity contribution in [1.29, 1.82) is 0 Å². The minimum Gasteiger partial charge on any atom is -0.338 e. The Morgan fingerprint density at radius 2 is 2.17 bits per heavy atom. The van der Waals surface area contributed by atoms with Crippen LogP contribution in [0.1, 0.15) is 23.0 Å². The third-order valence-corrected chi connectivity index (χ3v) is 4.53. The maximum atomic E-state index is 12.4. The molecule has 2 rings (SSSR count). The van der Waals surface area contributed by atoms with Gasteiger partial charge in [-0.05, 0) is 30.9 Å². The van der Waals surface area contributed by atoms with Crippen LogP contribution in [0, 0.1) is 0 Å². The van der Waals surface area contributed by atoms with E-state index >= 15 is 0 Å². The molecule has 0 N–H and O–H groups in total. The third kappa shape index (κ3) is 2.93. The summed E-state index contributed by atoms with van der Waals surface area (Å²) in [5.41, 5.74) is 0. The van der Waals surface area contributed by atoms with Gasteiger partial charge in [-0.15, -0.1) is 11.3 Å². The van der Waals surface area contributed by atoms with Crippen LogP contribution < -0.4 is 0 Å². The van der Waals surface area contributed by atoms with Gasteiger partial charge in [-0.1, -0.05) is 34.1 Å². The molecular formula is C14H16BrNOS. The lowest BCUT2D eigenvalue weighted by atomic mass is 10.2. The number of amides is 1. The highest BCUT2D eigenvalue weighted by Gasteiger charge is 2.16. The van der Waals surface area contributed by atoms with E-state index in [1.54, 1.807) is 11.3 Å². The molecule has 0 aliphatic rings. The Kier molecular flexibility index (Phi) is 4.78. The summed E-state index contributed by atoms with van der Waals surface area (Å²) in [5, 5.41) is 2.09. The molecule has 2 nitrogen and oxygen atoms in total. The van der Waals surface area contributed by atoms with Gasteiger partial charge in [-0.25, -0.2) is 0 Å². The average Bonchev–Trinajstić information content (AvgIpc) is 2.83. The first-order valence-electron chi connectivity index (χ1n) is 6.10. The molecule has 1 aromatic carbocycles. The van der Waals surface area contributed by atoms with Crippen molar-refractivity contribution in [3.05, 3.63) is 35.2 Å². The first-order chi connectivity index (χ1) is 8.76. The van der Waals surface area contributed by atoms with E-state index in [0.29, 0.717) is 0 Å². The van der Waals surface area contributed by atoms with Gasteiger partial charge in [0, 0.05) is 23.1 Å². The monoisotopic (exact) mass is 325 g/mol. The predicted molar refractivity (Wildman–Crippen MR) is 81.8 cm³/mol. The molecule has 0 spiro atoms. The van der Waals surface area contributed by atoms with Crippen molar-refractivity contribution in [2.45, 2.75) is 13.3 Å². The number of thiophene rings is 1. The quantitative estimate of drug-likeness (QED) is 0.756. The van der Waals surface area contributed by atoms with Crippen LogP contribution in [0.3, 0.4) is 0 Å². The van der Waals surface area contributed by atoms with Crippen molar-refractivity contribution in [3.8, 4) is 0 Å². The molecule has 96 valence electrons. The van der Waals surface area contributed by atoms with Crippen molar-refractivity contribution in [2.75, 3.05) is 18.4 Å². The zero-order valence-corrected chi connectivity index (χ0v) is 12.8. The molecule has 1 amide bonds. The van der Waals surface area contributed by atoms with E-state index in [-0.39, 0.29) is 5.91 Å². The number of alkyl halides is 1. The molecule has 0 radical (unpaired) electrons. The van der Waals surface area contributed by atoms with Crippen LogP contribution in [0.5, 0.6) is 0 Å². The molecule has 18 heavy (non-hydrogen) atoms. The number of carbonyl (C=O) groups excluding carboxylic acids is 1. The van der Waals surface area contributed by atoms with Gasteiger partial charge >= 0.3 is 0 Å². The molecule has 0 bridgehead atoms. The van der Waals surface area contributed by atoms with E-state index in [2.05, 4.69) is 28.1 Å². The summed E-state index contributed by atoms with van der Waals surface area (Å²) in [6, 6.07) is 10.1. The number of carbonyl (C=O) groups is 1. The summed E-state index contributed by atoms with van der Waals surface area (Å²) < 4.78 is 1.18. The lowest BCUT2D eigenvalue weighted by Crippen LogP contribution is -2.31.